The topological polar surface area (TPSA) is 64.4 Å². The van der Waals surface area contributed by atoms with Gasteiger partial charge >= 0.3 is 6.09 Å². The second kappa shape index (κ2) is 7.70. The number of nitrogens with one attached hydrogen (secondary N) is 1. The Labute approximate surface area is 158 Å². The lowest BCUT2D eigenvalue weighted by Crippen LogP contribution is -2.17. The molecular formula is C19H16BrFN2O3. The van der Waals surface area contributed by atoms with Crippen LogP contribution in [-0.4, -0.2) is 11.2 Å². The number of aryl methyl sites for hydroxylation is 1. The van der Waals surface area contributed by atoms with E-state index in [1.165, 1.54) is 12.1 Å². The van der Waals surface area contributed by atoms with Crippen LogP contribution in [0.5, 0.6) is 0 Å². The number of carbonyl (C=O) groups is 1. The molecule has 1 atom stereocenters. The third-order valence-electron chi connectivity index (χ3n) is 3.80. The number of carbonyl (C=O) groups excluding carboxylic acids is 1. The van der Waals surface area contributed by atoms with E-state index in [-0.39, 0.29) is 5.76 Å². The van der Waals surface area contributed by atoms with Crippen molar-refractivity contribution in [3.63, 3.8) is 0 Å². The molecule has 1 heterocycles. The molecule has 0 spiro atoms. The molecule has 0 radical (unpaired) electrons. The molecule has 0 aliphatic carbocycles. The van der Waals surface area contributed by atoms with E-state index in [1.54, 1.807) is 26.0 Å². The van der Waals surface area contributed by atoms with Crippen LogP contribution in [0.1, 0.15) is 24.3 Å². The number of halogens is 2. The highest BCUT2D eigenvalue weighted by molar-refractivity contribution is 9.10. The Bertz CT molecular complexity index is 942. The first-order chi connectivity index (χ1) is 12.5. The number of hydrogen-bond donors (Lipinski definition) is 1. The Hall–Kier alpha value is -2.67. The molecule has 0 saturated heterocycles. The molecular weight excluding hydrogens is 403 g/mol. The minimum absolute atomic E-state index is 0.271. The zero-order valence-corrected chi connectivity index (χ0v) is 15.7. The normalized spacial score (nSPS) is 11.8. The Morgan fingerprint density at radius 1 is 1.27 bits per heavy atom. The summed E-state index contributed by atoms with van der Waals surface area (Å²) in [6.07, 6.45) is -1.12. The maximum Gasteiger partial charge on any atom is 0.412 e. The summed E-state index contributed by atoms with van der Waals surface area (Å²) in [6.45, 7) is 3.45. The van der Waals surface area contributed by atoms with Crippen molar-refractivity contribution in [1.82, 2.24) is 5.16 Å². The van der Waals surface area contributed by atoms with Gasteiger partial charge in [0.05, 0.1) is 0 Å². The summed E-state index contributed by atoms with van der Waals surface area (Å²) >= 11 is 3.44. The zero-order chi connectivity index (χ0) is 18.7. The summed E-state index contributed by atoms with van der Waals surface area (Å²) in [6, 6.07) is 13.3. The maximum absolute atomic E-state index is 13.5. The van der Waals surface area contributed by atoms with Crippen LogP contribution in [0.15, 0.2) is 57.5 Å². The molecule has 2 aromatic carbocycles. The van der Waals surface area contributed by atoms with E-state index in [0.29, 0.717) is 16.9 Å². The van der Waals surface area contributed by atoms with Gasteiger partial charge in [-0.15, -0.1) is 0 Å². The summed E-state index contributed by atoms with van der Waals surface area (Å²) < 4.78 is 25.0. The number of anilines is 1. The first-order valence-electron chi connectivity index (χ1n) is 7.90. The fourth-order valence-corrected chi connectivity index (χ4v) is 3.11. The third-order valence-corrected chi connectivity index (χ3v) is 4.53. The van der Waals surface area contributed by atoms with E-state index in [9.17, 15) is 9.18 Å². The SMILES string of the molecule is Cc1noc(-c2cccc(F)c2)c1NC(=O)O[C@H](C)c1ccccc1Br. The lowest BCUT2D eigenvalue weighted by molar-refractivity contribution is 0.121. The highest BCUT2D eigenvalue weighted by Crippen LogP contribution is 2.32. The Kier molecular flexibility index (Phi) is 5.37. The van der Waals surface area contributed by atoms with E-state index in [0.717, 1.165) is 10.0 Å². The van der Waals surface area contributed by atoms with Crippen molar-refractivity contribution in [3.8, 4) is 11.3 Å². The fourth-order valence-electron chi connectivity index (χ4n) is 2.50. The second-order valence-corrected chi connectivity index (χ2v) is 6.53. The lowest BCUT2D eigenvalue weighted by Gasteiger charge is -2.15. The van der Waals surface area contributed by atoms with Gasteiger partial charge in [-0.3, -0.25) is 5.32 Å². The summed E-state index contributed by atoms with van der Waals surface area (Å²) in [5.74, 6) is -0.139. The molecule has 3 rings (SSSR count). The molecule has 0 unspecified atom stereocenters. The molecule has 0 saturated carbocycles. The summed E-state index contributed by atoms with van der Waals surface area (Å²) in [5.41, 5.74) is 2.13. The number of benzene rings is 2. The molecule has 0 aliphatic rings. The van der Waals surface area contributed by atoms with Crippen molar-refractivity contribution in [2.45, 2.75) is 20.0 Å². The first kappa shape index (κ1) is 18.1. The molecule has 3 aromatic rings. The van der Waals surface area contributed by atoms with Crippen molar-refractivity contribution in [3.05, 3.63) is 70.1 Å². The van der Waals surface area contributed by atoms with Gasteiger partial charge in [-0.05, 0) is 32.0 Å². The minimum atomic E-state index is -0.655. The molecule has 26 heavy (non-hydrogen) atoms. The van der Waals surface area contributed by atoms with Crippen molar-refractivity contribution in [1.29, 1.82) is 0 Å². The zero-order valence-electron chi connectivity index (χ0n) is 14.1. The van der Waals surface area contributed by atoms with Gasteiger partial charge in [0.2, 0.25) is 0 Å². The molecule has 1 amide bonds. The second-order valence-electron chi connectivity index (χ2n) is 5.68. The van der Waals surface area contributed by atoms with Crippen molar-refractivity contribution in [2.75, 3.05) is 5.32 Å². The fraction of sp³-hybridized carbons (Fsp3) is 0.158. The summed E-state index contributed by atoms with van der Waals surface area (Å²) in [4.78, 5) is 12.3. The average Bonchev–Trinajstić information content (AvgIpc) is 2.96. The predicted octanol–water partition coefficient (Wildman–Crippen LogP) is 5.86. The van der Waals surface area contributed by atoms with Crippen LogP contribution >= 0.6 is 15.9 Å². The van der Waals surface area contributed by atoms with Crippen LogP contribution in [-0.2, 0) is 4.74 Å². The van der Waals surface area contributed by atoms with Gasteiger partial charge in [-0.1, -0.05) is 51.4 Å². The van der Waals surface area contributed by atoms with Gasteiger partial charge in [-0.25, -0.2) is 9.18 Å². The van der Waals surface area contributed by atoms with Crippen LogP contribution in [0, 0.1) is 12.7 Å². The Morgan fingerprint density at radius 2 is 2.04 bits per heavy atom. The van der Waals surface area contributed by atoms with Crippen LogP contribution in [0.2, 0.25) is 0 Å². The molecule has 7 heteroatoms. The van der Waals surface area contributed by atoms with Crippen LogP contribution in [0.3, 0.4) is 0 Å². The van der Waals surface area contributed by atoms with Crippen molar-refractivity contribution >= 4 is 27.7 Å². The first-order valence-corrected chi connectivity index (χ1v) is 8.69. The number of amides is 1. The number of hydrogen-bond acceptors (Lipinski definition) is 4. The molecule has 0 bridgehead atoms. The van der Waals surface area contributed by atoms with Gasteiger partial charge in [0.1, 0.15) is 23.3 Å². The van der Waals surface area contributed by atoms with Gasteiger partial charge in [0.15, 0.2) is 5.76 Å². The van der Waals surface area contributed by atoms with E-state index in [4.69, 9.17) is 9.26 Å². The van der Waals surface area contributed by atoms with Crippen LogP contribution in [0.25, 0.3) is 11.3 Å². The van der Waals surface area contributed by atoms with E-state index in [2.05, 4.69) is 26.4 Å². The van der Waals surface area contributed by atoms with Gasteiger partial charge < -0.3 is 9.26 Å². The predicted molar refractivity (Wildman–Crippen MR) is 99.3 cm³/mol. The molecule has 0 aliphatic heterocycles. The molecule has 1 N–H and O–H groups in total. The van der Waals surface area contributed by atoms with Crippen molar-refractivity contribution in [2.24, 2.45) is 0 Å². The monoisotopic (exact) mass is 418 g/mol. The molecule has 5 nitrogen and oxygen atoms in total. The lowest BCUT2D eigenvalue weighted by atomic mass is 10.1. The van der Waals surface area contributed by atoms with Crippen LogP contribution < -0.4 is 5.32 Å². The smallest absolute Gasteiger partial charge is 0.412 e. The average molecular weight is 419 g/mol. The van der Waals surface area contributed by atoms with Gasteiger partial charge in [-0.2, -0.15) is 0 Å². The molecule has 134 valence electrons. The highest BCUT2D eigenvalue weighted by atomic mass is 79.9. The molecule has 1 aromatic heterocycles. The number of nitrogens with zero attached hydrogens (tertiary/aromatic N) is 1. The summed E-state index contributed by atoms with van der Waals surface area (Å²) in [5, 5.41) is 6.49. The quantitative estimate of drug-likeness (QED) is 0.575. The molecule has 0 fully saturated rings. The number of rotatable bonds is 4. The van der Waals surface area contributed by atoms with Crippen LogP contribution in [0.4, 0.5) is 14.9 Å². The number of aromatic nitrogens is 1. The third kappa shape index (κ3) is 3.94. The highest BCUT2D eigenvalue weighted by Gasteiger charge is 2.20. The Balaban J connectivity index is 1.78. The number of ether oxygens (including phenoxy) is 1. The van der Waals surface area contributed by atoms with Crippen molar-refractivity contribution < 1.29 is 18.4 Å². The maximum atomic E-state index is 13.5. The Morgan fingerprint density at radius 3 is 2.77 bits per heavy atom. The minimum Gasteiger partial charge on any atom is -0.441 e. The van der Waals surface area contributed by atoms with Gasteiger partial charge in [0, 0.05) is 15.6 Å². The van der Waals surface area contributed by atoms with E-state index in [1.807, 2.05) is 24.3 Å². The standard InChI is InChI=1S/C19H16BrFN2O3/c1-11-17(18(26-23-11)13-6-5-7-14(21)10-13)22-19(24)25-12(2)15-8-3-4-9-16(15)20/h3-10,12H,1-2H3,(H,22,24)/t12-/m1/s1. The van der Waals surface area contributed by atoms with E-state index < -0.39 is 18.0 Å². The largest absolute Gasteiger partial charge is 0.441 e. The van der Waals surface area contributed by atoms with E-state index >= 15 is 0 Å². The summed E-state index contributed by atoms with van der Waals surface area (Å²) in [7, 11) is 0. The van der Waals surface area contributed by atoms with Gasteiger partial charge in [0.25, 0.3) is 0 Å².